The van der Waals surface area contributed by atoms with Crippen LogP contribution in [0.2, 0.25) is 5.02 Å². The topological polar surface area (TPSA) is 71.2 Å². The molecule has 0 atom stereocenters. The van der Waals surface area contributed by atoms with Crippen LogP contribution in [0.3, 0.4) is 0 Å². The van der Waals surface area contributed by atoms with Gasteiger partial charge in [0.05, 0.1) is 17.0 Å². The Kier molecular flexibility index (Phi) is 5.06. The Bertz CT molecular complexity index is 706. The third-order valence-corrected chi connectivity index (χ3v) is 3.63. The number of benzene rings is 1. The van der Waals surface area contributed by atoms with Crippen molar-refractivity contribution in [3.8, 4) is 5.69 Å². The fourth-order valence-electron chi connectivity index (χ4n) is 2.32. The lowest BCUT2D eigenvalue weighted by Crippen LogP contribution is -2.42. The summed E-state index contributed by atoms with van der Waals surface area (Å²) in [6.07, 6.45) is 0. The number of hydrogen-bond donors (Lipinski definition) is 1. The third kappa shape index (κ3) is 4.09. The van der Waals surface area contributed by atoms with Crippen molar-refractivity contribution in [2.75, 3.05) is 13.1 Å². The highest BCUT2D eigenvalue weighted by Crippen LogP contribution is 2.18. The molecule has 2 rings (SSSR count). The van der Waals surface area contributed by atoms with Crippen molar-refractivity contribution in [1.29, 1.82) is 0 Å². The van der Waals surface area contributed by atoms with Gasteiger partial charge in [-0.15, -0.1) is 5.10 Å². The predicted molar refractivity (Wildman–Crippen MR) is 89.0 cm³/mol. The molecule has 1 N–H and O–H groups in total. The maximum Gasteiger partial charge on any atom is 0.276 e. The van der Waals surface area contributed by atoms with Gasteiger partial charge in [0.2, 0.25) is 0 Å². The van der Waals surface area contributed by atoms with Crippen LogP contribution in [0.5, 0.6) is 0 Å². The molecule has 0 radical (unpaired) electrons. The molecular formula is C16H21ClN4O2. The Morgan fingerprint density at radius 2 is 2.13 bits per heavy atom. The largest absolute Gasteiger partial charge is 0.389 e. The van der Waals surface area contributed by atoms with Crippen LogP contribution in [0.4, 0.5) is 0 Å². The molecule has 0 fully saturated rings. The zero-order valence-corrected chi connectivity index (χ0v) is 14.5. The van der Waals surface area contributed by atoms with Crippen LogP contribution in [-0.2, 0) is 0 Å². The molecule has 0 bridgehead atoms. The van der Waals surface area contributed by atoms with Gasteiger partial charge in [-0.05, 0) is 45.9 Å². The van der Waals surface area contributed by atoms with Gasteiger partial charge in [0.15, 0.2) is 5.69 Å². The number of hydrogen-bond acceptors (Lipinski definition) is 4. The lowest BCUT2D eigenvalue weighted by atomic mass is 10.1. The molecule has 0 aliphatic carbocycles. The summed E-state index contributed by atoms with van der Waals surface area (Å²) in [6.45, 7) is 7.68. The average Bonchev–Trinajstić information content (AvgIpc) is 2.85. The molecule has 2 aromatic rings. The maximum absolute atomic E-state index is 12.7. The molecule has 1 aromatic carbocycles. The van der Waals surface area contributed by atoms with Gasteiger partial charge >= 0.3 is 0 Å². The Morgan fingerprint density at radius 1 is 1.43 bits per heavy atom. The smallest absolute Gasteiger partial charge is 0.276 e. The highest BCUT2D eigenvalue weighted by molar-refractivity contribution is 6.30. The van der Waals surface area contributed by atoms with Crippen LogP contribution in [0, 0.1) is 6.92 Å². The molecule has 0 saturated heterocycles. The summed E-state index contributed by atoms with van der Waals surface area (Å²) in [4.78, 5) is 14.2. The SMILES string of the molecule is CCN(CC(C)(C)O)C(=O)c1nnn(-c2cccc(Cl)c2)c1C. The summed E-state index contributed by atoms with van der Waals surface area (Å²) in [5, 5.41) is 18.6. The zero-order chi connectivity index (χ0) is 17.2. The first-order valence-corrected chi connectivity index (χ1v) is 7.80. The number of aromatic nitrogens is 3. The Balaban J connectivity index is 2.33. The molecule has 1 heterocycles. The van der Waals surface area contributed by atoms with Gasteiger partial charge in [-0.1, -0.05) is 22.9 Å². The highest BCUT2D eigenvalue weighted by Gasteiger charge is 2.26. The molecule has 6 nitrogen and oxygen atoms in total. The van der Waals surface area contributed by atoms with E-state index >= 15 is 0 Å². The van der Waals surface area contributed by atoms with Gasteiger partial charge < -0.3 is 10.0 Å². The first-order valence-electron chi connectivity index (χ1n) is 7.43. The summed E-state index contributed by atoms with van der Waals surface area (Å²) in [6, 6.07) is 7.18. The van der Waals surface area contributed by atoms with Gasteiger partial charge in [-0.25, -0.2) is 4.68 Å². The molecule has 0 aliphatic heterocycles. The van der Waals surface area contributed by atoms with E-state index in [2.05, 4.69) is 10.3 Å². The number of amides is 1. The van der Waals surface area contributed by atoms with Crippen molar-refractivity contribution < 1.29 is 9.90 Å². The van der Waals surface area contributed by atoms with E-state index in [1.807, 2.05) is 19.1 Å². The number of aliphatic hydroxyl groups is 1. The summed E-state index contributed by atoms with van der Waals surface area (Å²) in [7, 11) is 0. The fraction of sp³-hybridized carbons (Fsp3) is 0.438. The number of likely N-dealkylation sites (N-methyl/N-ethyl adjacent to an activating group) is 1. The summed E-state index contributed by atoms with van der Waals surface area (Å²) in [5.41, 5.74) is 0.678. The van der Waals surface area contributed by atoms with Gasteiger partial charge in [0.1, 0.15) is 0 Å². The van der Waals surface area contributed by atoms with E-state index in [1.54, 1.807) is 42.5 Å². The number of rotatable bonds is 5. The minimum atomic E-state index is -0.970. The first kappa shape index (κ1) is 17.4. The van der Waals surface area contributed by atoms with Crippen LogP contribution in [0.15, 0.2) is 24.3 Å². The Hall–Kier alpha value is -1.92. The second kappa shape index (κ2) is 6.68. The van der Waals surface area contributed by atoms with Crippen LogP contribution in [0.1, 0.15) is 37.0 Å². The molecule has 0 spiro atoms. The van der Waals surface area contributed by atoms with Gasteiger partial charge in [-0.2, -0.15) is 0 Å². The Labute approximate surface area is 140 Å². The minimum absolute atomic E-state index is 0.228. The normalized spacial score (nSPS) is 11.6. The second-order valence-corrected chi connectivity index (χ2v) is 6.48. The van der Waals surface area contributed by atoms with Crippen molar-refractivity contribution in [3.63, 3.8) is 0 Å². The van der Waals surface area contributed by atoms with Crippen LogP contribution < -0.4 is 0 Å². The molecule has 0 saturated carbocycles. The fourth-order valence-corrected chi connectivity index (χ4v) is 2.51. The highest BCUT2D eigenvalue weighted by atomic mass is 35.5. The number of carbonyl (C=O) groups excluding carboxylic acids is 1. The molecule has 7 heteroatoms. The summed E-state index contributed by atoms with van der Waals surface area (Å²) >= 11 is 6.00. The summed E-state index contributed by atoms with van der Waals surface area (Å²) < 4.78 is 1.58. The first-order chi connectivity index (χ1) is 10.7. The lowest BCUT2D eigenvalue weighted by molar-refractivity contribution is 0.0311. The van der Waals surface area contributed by atoms with Gasteiger partial charge in [-0.3, -0.25) is 4.79 Å². The van der Waals surface area contributed by atoms with Gasteiger partial charge in [0.25, 0.3) is 5.91 Å². The van der Waals surface area contributed by atoms with E-state index in [0.29, 0.717) is 17.3 Å². The van der Waals surface area contributed by atoms with E-state index in [0.717, 1.165) is 5.69 Å². The standard InChI is InChI=1S/C16H21ClN4O2/c1-5-20(10-16(3,4)23)15(22)14-11(2)21(19-18-14)13-8-6-7-12(17)9-13/h6-9,23H,5,10H2,1-4H3. The third-order valence-electron chi connectivity index (χ3n) is 3.40. The van der Waals surface area contributed by atoms with Crippen LogP contribution in [0.25, 0.3) is 5.69 Å². The van der Waals surface area contributed by atoms with Crippen molar-refractivity contribution in [2.24, 2.45) is 0 Å². The molecule has 0 unspecified atom stereocenters. The number of carbonyl (C=O) groups is 1. The number of halogens is 1. The van der Waals surface area contributed by atoms with Crippen molar-refractivity contribution >= 4 is 17.5 Å². The molecule has 0 aliphatic rings. The predicted octanol–water partition coefficient (Wildman–Crippen LogP) is 2.46. The monoisotopic (exact) mass is 336 g/mol. The van der Waals surface area contributed by atoms with E-state index in [9.17, 15) is 9.90 Å². The second-order valence-electron chi connectivity index (χ2n) is 6.05. The van der Waals surface area contributed by atoms with Crippen molar-refractivity contribution in [3.05, 3.63) is 40.7 Å². The van der Waals surface area contributed by atoms with Crippen LogP contribution >= 0.6 is 11.6 Å². The van der Waals surface area contributed by atoms with E-state index in [-0.39, 0.29) is 18.1 Å². The quantitative estimate of drug-likeness (QED) is 0.910. The average molecular weight is 337 g/mol. The van der Waals surface area contributed by atoms with E-state index < -0.39 is 5.60 Å². The Morgan fingerprint density at radius 3 is 2.70 bits per heavy atom. The van der Waals surface area contributed by atoms with Crippen molar-refractivity contribution in [2.45, 2.75) is 33.3 Å². The lowest BCUT2D eigenvalue weighted by Gasteiger charge is -2.27. The van der Waals surface area contributed by atoms with Gasteiger partial charge in [0, 0.05) is 18.1 Å². The van der Waals surface area contributed by atoms with Crippen molar-refractivity contribution in [1.82, 2.24) is 19.9 Å². The molecule has 1 aromatic heterocycles. The van der Waals surface area contributed by atoms with Crippen LogP contribution in [-0.4, -0.2) is 49.6 Å². The zero-order valence-electron chi connectivity index (χ0n) is 13.7. The molecule has 124 valence electrons. The number of nitrogens with zero attached hydrogens (tertiary/aromatic N) is 4. The molecular weight excluding hydrogens is 316 g/mol. The minimum Gasteiger partial charge on any atom is -0.389 e. The molecule has 1 amide bonds. The molecule has 23 heavy (non-hydrogen) atoms. The summed E-state index contributed by atoms with van der Waals surface area (Å²) in [5.74, 6) is -0.250. The van der Waals surface area contributed by atoms with E-state index in [4.69, 9.17) is 11.6 Å². The van der Waals surface area contributed by atoms with E-state index in [1.165, 1.54) is 0 Å². The maximum atomic E-state index is 12.7.